The molecule has 14 heavy (non-hydrogen) atoms. The van der Waals surface area contributed by atoms with E-state index >= 15 is 0 Å². The lowest BCUT2D eigenvalue weighted by atomic mass is 10.2. The maximum absolute atomic E-state index is 11.0. The van der Waals surface area contributed by atoms with Crippen LogP contribution in [0.3, 0.4) is 0 Å². The molecule has 1 aromatic carbocycles. The van der Waals surface area contributed by atoms with E-state index in [0.717, 1.165) is 5.56 Å². The summed E-state index contributed by atoms with van der Waals surface area (Å²) in [4.78, 5) is 11.0. The Hall–Kier alpha value is -1.28. The van der Waals surface area contributed by atoms with Crippen molar-refractivity contribution in [3.05, 3.63) is 42.0 Å². The molecule has 0 spiro atoms. The summed E-state index contributed by atoms with van der Waals surface area (Å²) in [6.45, 7) is 2.11. The molecule has 0 aliphatic heterocycles. The van der Waals surface area contributed by atoms with Gasteiger partial charge in [0.1, 0.15) is 0 Å². The third-order valence-corrected chi connectivity index (χ3v) is 1.91. The van der Waals surface area contributed by atoms with E-state index in [9.17, 15) is 4.79 Å². The van der Waals surface area contributed by atoms with Crippen LogP contribution in [-0.2, 0) is 9.53 Å². The fourth-order valence-electron chi connectivity index (χ4n) is 0.968. The second kappa shape index (κ2) is 5.45. The van der Waals surface area contributed by atoms with Gasteiger partial charge in [-0.3, -0.25) is 0 Å². The fraction of sp³-hybridized carbons (Fsp3) is 0.182. The number of rotatable bonds is 3. The fourth-order valence-corrected chi connectivity index (χ4v) is 1.18. The highest BCUT2D eigenvalue weighted by Crippen LogP contribution is 2.17. The van der Waals surface area contributed by atoms with Crippen molar-refractivity contribution in [3.63, 3.8) is 0 Å². The predicted octanol–water partition coefficient (Wildman–Crippen LogP) is 2.83. The molecule has 1 rings (SSSR count). The van der Waals surface area contributed by atoms with Crippen LogP contribution in [-0.4, -0.2) is 12.6 Å². The van der Waals surface area contributed by atoms with Gasteiger partial charge < -0.3 is 4.74 Å². The Morgan fingerprint density at radius 2 is 2.07 bits per heavy atom. The van der Waals surface area contributed by atoms with Crippen molar-refractivity contribution in [1.82, 2.24) is 0 Å². The Bertz CT molecular complexity index is 330. The van der Waals surface area contributed by atoms with Gasteiger partial charge in [-0.15, -0.1) is 0 Å². The van der Waals surface area contributed by atoms with E-state index in [0.29, 0.717) is 11.6 Å². The predicted molar refractivity (Wildman–Crippen MR) is 56.9 cm³/mol. The molecule has 0 bridgehead atoms. The summed E-state index contributed by atoms with van der Waals surface area (Å²) >= 11 is 5.90. The van der Waals surface area contributed by atoms with E-state index in [-0.39, 0.29) is 0 Å². The lowest BCUT2D eigenvalue weighted by molar-refractivity contribution is -0.137. The molecule has 0 heterocycles. The largest absolute Gasteiger partial charge is 0.463 e. The van der Waals surface area contributed by atoms with Crippen LogP contribution < -0.4 is 0 Å². The summed E-state index contributed by atoms with van der Waals surface area (Å²) in [5, 5.41) is 0.393. The number of carbonyl (C=O) groups is 1. The number of halogens is 1. The zero-order valence-electron chi connectivity index (χ0n) is 7.87. The molecule has 0 atom stereocenters. The number of carbonyl (C=O) groups excluding carboxylic acids is 1. The van der Waals surface area contributed by atoms with E-state index in [1.54, 1.807) is 6.92 Å². The standard InChI is InChI=1S/C11H11ClO2/c1-2-14-11(13)8-10(12)9-6-4-3-5-7-9/h3-8H,2H2,1H3/b10-8-. The Morgan fingerprint density at radius 1 is 1.43 bits per heavy atom. The molecule has 1 aromatic rings. The molecule has 0 radical (unpaired) electrons. The van der Waals surface area contributed by atoms with Crippen LogP contribution in [0.15, 0.2) is 36.4 Å². The summed E-state index contributed by atoms with van der Waals surface area (Å²) in [5.74, 6) is -0.415. The summed E-state index contributed by atoms with van der Waals surface area (Å²) in [7, 11) is 0. The van der Waals surface area contributed by atoms with Crippen molar-refractivity contribution in [2.75, 3.05) is 6.61 Å². The topological polar surface area (TPSA) is 26.3 Å². The monoisotopic (exact) mass is 210 g/mol. The van der Waals surface area contributed by atoms with Gasteiger partial charge in [0, 0.05) is 6.08 Å². The summed E-state index contributed by atoms with van der Waals surface area (Å²) < 4.78 is 4.73. The van der Waals surface area contributed by atoms with Crippen LogP contribution in [0.4, 0.5) is 0 Å². The molecule has 3 heteroatoms. The number of hydrogen-bond acceptors (Lipinski definition) is 2. The molecule has 0 aliphatic rings. The molecular formula is C11H11ClO2. The summed E-state index contributed by atoms with van der Waals surface area (Å²) in [5.41, 5.74) is 0.808. The van der Waals surface area contributed by atoms with Crippen LogP contribution in [0.25, 0.3) is 5.03 Å². The van der Waals surface area contributed by atoms with Crippen LogP contribution in [0, 0.1) is 0 Å². The van der Waals surface area contributed by atoms with Crippen LogP contribution >= 0.6 is 11.6 Å². The normalized spacial score (nSPS) is 11.1. The molecular weight excluding hydrogens is 200 g/mol. The quantitative estimate of drug-likeness (QED) is 0.567. The zero-order valence-corrected chi connectivity index (χ0v) is 8.62. The van der Waals surface area contributed by atoms with Crippen molar-refractivity contribution < 1.29 is 9.53 Å². The molecule has 0 saturated carbocycles. The Labute approximate surface area is 88.1 Å². The van der Waals surface area contributed by atoms with Gasteiger partial charge in [-0.25, -0.2) is 4.79 Å². The van der Waals surface area contributed by atoms with E-state index in [4.69, 9.17) is 16.3 Å². The van der Waals surface area contributed by atoms with Gasteiger partial charge in [0.05, 0.1) is 11.6 Å². The Kier molecular flexibility index (Phi) is 4.20. The Balaban J connectivity index is 2.75. The third kappa shape index (κ3) is 3.23. The maximum Gasteiger partial charge on any atom is 0.332 e. The molecule has 0 amide bonds. The van der Waals surface area contributed by atoms with Crippen LogP contribution in [0.5, 0.6) is 0 Å². The minimum Gasteiger partial charge on any atom is -0.463 e. The Morgan fingerprint density at radius 3 is 2.64 bits per heavy atom. The smallest absolute Gasteiger partial charge is 0.332 e. The van der Waals surface area contributed by atoms with Crippen LogP contribution in [0.1, 0.15) is 12.5 Å². The highest BCUT2D eigenvalue weighted by molar-refractivity contribution is 6.50. The first-order chi connectivity index (χ1) is 6.74. The highest BCUT2D eigenvalue weighted by Gasteiger charge is 2.01. The minimum absolute atomic E-state index is 0.355. The first kappa shape index (κ1) is 10.8. The van der Waals surface area contributed by atoms with E-state index in [2.05, 4.69) is 0 Å². The lowest BCUT2D eigenvalue weighted by Gasteiger charge is -1.99. The highest BCUT2D eigenvalue weighted by atomic mass is 35.5. The molecule has 0 unspecified atom stereocenters. The lowest BCUT2D eigenvalue weighted by Crippen LogP contribution is -1.99. The molecule has 0 aliphatic carbocycles. The van der Waals surface area contributed by atoms with Crippen molar-refractivity contribution >= 4 is 22.6 Å². The molecule has 0 saturated heterocycles. The van der Waals surface area contributed by atoms with Gasteiger partial charge in [0.15, 0.2) is 0 Å². The molecule has 74 valence electrons. The minimum atomic E-state index is -0.415. The second-order valence-electron chi connectivity index (χ2n) is 2.61. The van der Waals surface area contributed by atoms with Gasteiger partial charge in [0.2, 0.25) is 0 Å². The van der Waals surface area contributed by atoms with Gasteiger partial charge in [-0.05, 0) is 12.5 Å². The number of ether oxygens (including phenoxy) is 1. The van der Waals surface area contributed by atoms with Gasteiger partial charge in [-0.2, -0.15) is 0 Å². The van der Waals surface area contributed by atoms with Crippen molar-refractivity contribution in [3.8, 4) is 0 Å². The van der Waals surface area contributed by atoms with Crippen molar-refractivity contribution in [2.45, 2.75) is 6.92 Å². The van der Waals surface area contributed by atoms with Gasteiger partial charge in [-0.1, -0.05) is 41.9 Å². The number of hydrogen-bond donors (Lipinski definition) is 0. The molecule has 0 fully saturated rings. The third-order valence-electron chi connectivity index (χ3n) is 1.58. The first-order valence-electron chi connectivity index (χ1n) is 4.33. The van der Waals surface area contributed by atoms with E-state index < -0.39 is 5.97 Å². The maximum atomic E-state index is 11.0. The SMILES string of the molecule is CCOC(=O)/C=C(\Cl)c1ccccc1. The van der Waals surface area contributed by atoms with Gasteiger partial charge in [0.25, 0.3) is 0 Å². The van der Waals surface area contributed by atoms with Crippen molar-refractivity contribution in [1.29, 1.82) is 0 Å². The van der Waals surface area contributed by atoms with E-state index in [1.807, 2.05) is 30.3 Å². The van der Waals surface area contributed by atoms with Crippen LogP contribution in [0.2, 0.25) is 0 Å². The average molecular weight is 211 g/mol. The number of esters is 1. The zero-order chi connectivity index (χ0) is 10.4. The molecule has 0 N–H and O–H groups in total. The van der Waals surface area contributed by atoms with E-state index in [1.165, 1.54) is 6.08 Å². The first-order valence-corrected chi connectivity index (χ1v) is 4.71. The number of benzene rings is 1. The summed E-state index contributed by atoms with van der Waals surface area (Å²) in [6, 6.07) is 9.27. The molecule has 0 aromatic heterocycles. The summed E-state index contributed by atoms with van der Waals surface area (Å²) in [6.07, 6.45) is 1.28. The van der Waals surface area contributed by atoms with Gasteiger partial charge >= 0.3 is 5.97 Å². The second-order valence-corrected chi connectivity index (χ2v) is 3.02. The average Bonchev–Trinajstić information content (AvgIpc) is 2.19. The van der Waals surface area contributed by atoms with Crippen molar-refractivity contribution in [2.24, 2.45) is 0 Å². The molecule has 2 nitrogen and oxygen atoms in total.